The van der Waals surface area contributed by atoms with Crippen LogP contribution in [0.5, 0.6) is 5.75 Å². The molecule has 7 heteroatoms. The van der Waals surface area contributed by atoms with Crippen LogP contribution in [0.3, 0.4) is 0 Å². The van der Waals surface area contributed by atoms with E-state index in [-0.39, 0.29) is 6.10 Å². The number of nitrogens with one attached hydrogen (secondary N) is 2. The molecule has 3 rings (SSSR count). The first-order valence-electron chi connectivity index (χ1n) is 11.9. The number of nitrogens with zero attached hydrogens (tertiary/aromatic N) is 3. The molecule has 0 bridgehead atoms. The number of aromatic nitrogens is 1. The number of ether oxygens (including phenoxy) is 1. The Morgan fingerprint density at radius 1 is 1.22 bits per heavy atom. The summed E-state index contributed by atoms with van der Waals surface area (Å²) in [5.41, 5.74) is 1.87. The van der Waals surface area contributed by atoms with Crippen LogP contribution in [0.25, 0.3) is 0 Å². The Hall–Kier alpha value is -2.54. The third-order valence-corrected chi connectivity index (χ3v) is 5.75. The maximum atomic E-state index is 5.74. The van der Waals surface area contributed by atoms with Crippen molar-refractivity contribution in [1.29, 1.82) is 0 Å². The molecule has 0 unspecified atom stereocenters. The maximum Gasteiger partial charge on any atom is 0.216 e. The highest BCUT2D eigenvalue weighted by Gasteiger charge is 2.15. The zero-order chi connectivity index (χ0) is 22.9. The fraction of sp³-hybridized carbons (Fsp3) is 0.600. The summed E-state index contributed by atoms with van der Waals surface area (Å²) in [7, 11) is 0. The summed E-state index contributed by atoms with van der Waals surface area (Å²) in [6, 6.07) is 7.95. The molecule has 7 nitrogen and oxygen atoms in total. The molecule has 1 aromatic heterocycles. The van der Waals surface area contributed by atoms with E-state index in [9.17, 15) is 0 Å². The van der Waals surface area contributed by atoms with Crippen LogP contribution in [0.4, 0.5) is 5.69 Å². The van der Waals surface area contributed by atoms with Crippen molar-refractivity contribution in [1.82, 2.24) is 15.2 Å². The summed E-state index contributed by atoms with van der Waals surface area (Å²) in [4.78, 5) is 11.7. The highest BCUT2D eigenvalue weighted by atomic mass is 16.5. The molecule has 0 aliphatic carbocycles. The number of aliphatic imine (C=N–C) groups is 1. The van der Waals surface area contributed by atoms with Gasteiger partial charge in [0.2, 0.25) is 5.89 Å². The van der Waals surface area contributed by atoms with Gasteiger partial charge in [0.1, 0.15) is 18.1 Å². The van der Waals surface area contributed by atoms with Gasteiger partial charge in [-0.2, -0.15) is 0 Å². The third-order valence-electron chi connectivity index (χ3n) is 5.75. The maximum absolute atomic E-state index is 5.74. The number of aryl methyl sites for hydroxylation is 2. The summed E-state index contributed by atoms with van der Waals surface area (Å²) in [6.07, 6.45) is 3.86. The summed E-state index contributed by atoms with van der Waals surface area (Å²) < 4.78 is 11.4. The van der Waals surface area contributed by atoms with Crippen molar-refractivity contribution in [3.8, 4) is 5.75 Å². The van der Waals surface area contributed by atoms with Crippen molar-refractivity contribution >= 4 is 11.6 Å². The van der Waals surface area contributed by atoms with Crippen LogP contribution < -0.4 is 15.4 Å². The number of hydrogen-bond donors (Lipinski definition) is 2. The lowest BCUT2D eigenvalue weighted by Gasteiger charge is -2.30. The molecule has 1 aliphatic heterocycles. The topological polar surface area (TPSA) is 74.9 Å². The van der Waals surface area contributed by atoms with Crippen molar-refractivity contribution in [3.63, 3.8) is 0 Å². The van der Waals surface area contributed by atoms with Crippen molar-refractivity contribution < 1.29 is 9.15 Å². The quantitative estimate of drug-likeness (QED) is 0.332. The van der Waals surface area contributed by atoms with Crippen molar-refractivity contribution in [2.75, 3.05) is 31.5 Å². The fourth-order valence-electron chi connectivity index (χ4n) is 3.71. The van der Waals surface area contributed by atoms with E-state index in [0.717, 1.165) is 54.3 Å². The van der Waals surface area contributed by atoms with Crippen LogP contribution in [0, 0.1) is 19.8 Å². The summed E-state index contributed by atoms with van der Waals surface area (Å²) in [5.74, 6) is 3.92. The van der Waals surface area contributed by atoms with Gasteiger partial charge >= 0.3 is 0 Å². The second kappa shape index (κ2) is 11.9. The molecule has 2 heterocycles. The number of guanidine groups is 1. The second-order valence-corrected chi connectivity index (χ2v) is 9.03. The molecular weight excluding hydrogens is 402 g/mol. The van der Waals surface area contributed by atoms with Crippen LogP contribution in [-0.4, -0.2) is 48.1 Å². The molecule has 0 radical (unpaired) electrons. The first-order chi connectivity index (χ1) is 15.4. The molecule has 0 spiro atoms. The van der Waals surface area contributed by atoms with Crippen LogP contribution in [0.15, 0.2) is 33.7 Å². The summed E-state index contributed by atoms with van der Waals surface area (Å²) in [6.45, 7) is 15.1. The minimum Gasteiger partial charge on any atom is -0.491 e. The zero-order valence-electron chi connectivity index (χ0n) is 20.3. The standard InChI is InChI=1S/C25H39N5O2/c1-18(2)31-23-9-7-22(8-10-23)29-25(27-17-24-28-20(4)21(5)32-24)26-13-6-14-30-15-11-19(3)12-16-30/h7-10,18-19H,6,11-17H2,1-5H3,(H2,26,27,29). The smallest absolute Gasteiger partial charge is 0.216 e. The van der Waals surface area contributed by atoms with E-state index in [1.165, 1.54) is 25.9 Å². The Kier molecular flexibility index (Phi) is 8.97. The Balaban J connectivity index is 1.56. The number of piperidine rings is 1. The lowest BCUT2D eigenvalue weighted by atomic mass is 9.99. The van der Waals surface area contributed by atoms with Gasteiger partial charge in [-0.1, -0.05) is 6.92 Å². The fourth-order valence-corrected chi connectivity index (χ4v) is 3.71. The molecule has 1 aliphatic rings. The molecule has 1 aromatic carbocycles. The van der Waals surface area contributed by atoms with Gasteiger partial charge in [-0.05, 0) is 96.8 Å². The number of rotatable bonds is 9. The van der Waals surface area contributed by atoms with Gasteiger partial charge in [-0.25, -0.2) is 9.98 Å². The molecule has 32 heavy (non-hydrogen) atoms. The average molecular weight is 442 g/mol. The SMILES string of the molecule is Cc1nc(CN=C(NCCCN2CCC(C)CC2)Nc2ccc(OC(C)C)cc2)oc1C. The Labute approximate surface area is 192 Å². The minimum atomic E-state index is 0.156. The number of anilines is 1. The first-order valence-corrected chi connectivity index (χ1v) is 11.9. The number of benzene rings is 1. The van der Waals surface area contributed by atoms with E-state index in [2.05, 4.69) is 27.4 Å². The molecule has 0 atom stereocenters. The normalized spacial score (nSPS) is 15.9. The highest BCUT2D eigenvalue weighted by molar-refractivity contribution is 5.93. The summed E-state index contributed by atoms with van der Waals surface area (Å²) >= 11 is 0. The van der Waals surface area contributed by atoms with E-state index in [0.29, 0.717) is 12.4 Å². The second-order valence-electron chi connectivity index (χ2n) is 9.03. The van der Waals surface area contributed by atoms with Gasteiger partial charge in [0.25, 0.3) is 0 Å². The molecule has 0 saturated carbocycles. The van der Waals surface area contributed by atoms with Gasteiger partial charge in [0.05, 0.1) is 11.8 Å². The minimum absolute atomic E-state index is 0.156. The molecule has 1 fully saturated rings. The van der Waals surface area contributed by atoms with E-state index in [1.54, 1.807) is 0 Å². The molecule has 0 amide bonds. The van der Waals surface area contributed by atoms with E-state index < -0.39 is 0 Å². The van der Waals surface area contributed by atoms with E-state index in [1.807, 2.05) is 52.0 Å². The summed E-state index contributed by atoms with van der Waals surface area (Å²) in [5, 5.41) is 6.86. The van der Waals surface area contributed by atoms with Gasteiger partial charge in [-0.15, -0.1) is 0 Å². The molecule has 1 saturated heterocycles. The predicted octanol–water partition coefficient (Wildman–Crippen LogP) is 4.76. The Bertz CT molecular complexity index is 832. The Morgan fingerprint density at radius 3 is 2.56 bits per heavy atom. The molecular formula is C25H39N5O2. The zero-order valence-corrected chi connectivity index (χ0v) is 20.3. The monoisotopic (exact) mass is 441 g/mol. The third kappa shape index (κ3) is 7.86. The lowest BCUT2D eigenvalue weighted by Crippen LogP contribution is -2.36. The van der Waals surface area contributed by atoms with Crippen LogP contribution in [-0.2, 0) is 6.54 Å². The van der Waals surface area contributed by atoms with E-state index in [4.69, 9.17) is 14.1 Å². The lowest BCUT2D eigenvalue weighted by molar-refractivity contribution is 0.191. The largest absolute Gasteiger partial charge is 0.491 e. The number of likely N-dealkylation sites (tertiary alicyclic amines) is 1. The highest BCUT2D eigenvalue weighted by Crippen LogP contribution is 2.18. The molecule has 2 aromatic rings. The van der Waals surface area contributed by atoms with Crippen molar-refractivity contribution in [3.05, 3.63) is 41.6 Å². The van der Waals surface area contributed by atoms with Gasteiger partial charge in [-0.3, -0.25) is 0 Å². The van der Waals surface area contributed by atoms with Crippen LogP contribution in [0.1, 0.15) is 57.4 Å². The number of oxazole rings is 1. The molecule has 176 valence electrons. The van der Waals surface area contributed by atoms with Gasteiger partial charge < -0.3 is 24.7 Å². The van der Waals surface area contributed by atoms with E-state index >= 15 is 0 Å². The average Bonchev–Trinajstić information content (AvgIpc) is 3.08. The van der Waals surface area contributed by atoms with Crippen molar-refractivity contribution in [2.24, 2.45) is 10.9 Å². The first kappa shape index (κ1) is 24.1. The van der Waals surface area contributed by atoms with Crippen molar-refractivity contribution in [2.45, 2.75) is 66.5 Å². The van der Waals surface area contributed by atoms with Gasteiger partial charge in [0, 0.05) is 12.2 Å². The van der Waals surface area contributed by atoms with Crippen LogP contribution in [0.2, 0.25) is 0 Å². The predicted molar refractivity (Wildman–Crippen MR) is 130 cm³/mol. The van der Waals surface area contributed by atoms with Gasteiger partial charge in [0.15, 0.2) is 5.96 Å². The number of hydrogen-bond acceptors (Lipinski definition) is 5. The van der Waals surface area contributed by atoms with Crippen LogP contribution >= 0.6 is 0 Å². The Morgan fingerprint density at radius 2 is 1.94 bits per heavy atom. The molecule has 2 N–H and O–H groups in total.